The largest absolute Gasteiger partial charge is 0.409 e. The molecule has 0 atom stereocenters. The van der Waals surface area contributed by atoms with Crippen LogP contribution in [0.25, 0.3) is 0 Å². The van der Waals surface area contributed by atoms with Crippen LogP contribution in [-0.4, -0.2) is 17.0 Å². The summed E-state index contributed by atoms with van der Waals surface area (Å²) >= 11 is 3.36. The Hall–Kier alpha value is -1.56. The topological polar surface area (TPSA) is 87.7 Å². The number of rotatable bonds is 3. The minimum atomic E-state index is -0.329. The van der Waals surface area contributed by atoms with Crippen LogP contribution < -0.4 is 11.1 Å². The summed E-state index contributed by atoms with van der Waals surface area (Å²) in [6, 6.07) is 5.23. The highest BCUT2D eigenvalue weighted by Gasteiger charge is 2.36. The first kappa shape index (κ1) is 14.8. The van der Waals surface area contributed by atoms with E-state index in [1.54, 1.807) is 18.2 Å². The van der Waals surface area contributed by atoms with Gasteiger partial charge in [-0.3, -0.25) is 4.79 Å². The molecule has 0 heterocycles. The highest BCUT2D eigenvalue weighted by atomic mass is 79.9. The van der Waals surface area contributed by atoms with Crippen LogP contribution >= 0.6 is 15.9 Å². The minimum absolute atomic E-state index is 0.0138. The molecule has 1 aromatic rings. The van der Waals surface area contributed by atoms with Crippen molar-refractivity contribution in [3.8, 4) is 0 Å². The molecule has 1 saturated carbocycles. The Kier molecular flexibility index (Phi) is 4.32. The molecular weight excluding hydrogens is 322 g/mol. The summed E-state index contributed by atoms with van der Waals surface area (Å²) in [7, 11) is 0. The van der Waals surface area contributed by atoms with E-state index in [1.165, 1.54) is 0 Å². The molecule has 0 radical (unpaired) electrons. The van der Waals surface area contributed by atoms with Gasteiger partial charge in [0.2, 0.25) is 5.91 Å². The Bertz CT molecular complexity index is 551. The third-order valence-corrected chi connectivity index (χ3v) is 4.36. The Morgan fingerprint density at radius 3 is 2.70 bits per heavy atom. The number of nitrogens with zero attached hydrogens (tertiary/aromatic N) is 1. The molecule has 0 bridgehead atoms. The zero-order valence-corrected chi connectivity index (χ0v) is 12.9. The number of carbonyl (C=O) groups excluding carboxylic acids is 1. The fraction of sp³-hybridized carbons (Fsp3) is 0.429. The standard InChI is InChI=1S/C14H18BrN3O2/c1-14(6-2-3-7-14)13(19)17-11-8-9(15)4-5-10(11)12(16)18-20/h4-5,8,20H,2-3,6-7H2,1H3,(H2,16,18)(H,17,19). The number of anilines is 1. The second-order valence-corrected chi connectivity index (χ2v) is 6.31. The molecule has 2 rings (SSSR count). The highest BCUT2D eigenvalue weighted by molar-refractivity contribution is 9.10. The Labute approximate surface area is 126 Å². The highest BCUT2D eigenvalue weighted by Crippen LogP contribution is 2.38. The lowest BCUT2D eigenvalue weighted by molar-refractivity contribution is -0.124. The van der Waals surface area contributed by atoms with E-state index in [1.807, 2.05) is 6.92 Å². The number of oxime groups is 1. The smallest absolute Gasteiger partial charge is 0.230 e. The van der Waals surface area contributed by atoms with Crippen molar-refractivity contribution in [2.75, 3.05) is 5.32 Å². The van der Waals surface area contributed by atoms with Crippen LogP contribution in [0.15, 0.2) is 27.8 Å². The van der Waals surface area contributed by atoms with Gasteiger partial charge in [0.15, 0.2) is 5.84 Å². The summed E-state index contributed by atoms with van der Waals surface area (Å²) in [5.41, 5.74) is 6.37. The van der Waals surface area contributed by atoms with Crippen molar-refractivity contribution < 1.29 is 10.0 Å². The summed E-state index contributed by atoms with van der Waals surface area (Å²) in [6.45, 7) is 1.98. The number of amides is 1. The number of halogens is 1. The average Bonchev–Trinajstić information content (AvgIpc) is 2.86. The number of benzene rings is 1. The van der Waals surface area contributed by atoms with Crippen molar-refractivity contribution in [2.45, 2.75) is 32.6 Å². The molecule has 1 aromatic carbocycles. The van der Waals surface area contributed by atoms with Crippen molar-refractivity contribution >= 4 is 33.4 Å². The molecule has 1 amide bonds. The Morgan fingerprint density at radius 2 is 2.10 bits per heavy atom. The maximum absolute atomic E-state index is 12.4. The van der Waals surface area contributed by atoms with Crippen molar-refractivity contribution in [1.82, 2.24) is 0 Å². The molecule has 0 spiro atoms. The maximum Gasteiger partial charge on any atom is 0.230 e. The maximum atomic E-state index is 12.4. The van der Waals surface area contributed by atoms with Gasteiger partial charge in [0, 0.05) is 15.5 Å². The fourth-order valence-electron chi connectivity index (χ4n) is 2.55. The van der Waals surface area contributed by atoms with E-state index in [0.29, 0.717) is 11.3 Å². The van der Waals surface area contributed by atoms with E-state index in [9.17, 15) is 4.79 Å². The van der Waals surface area contributed by atoms with Gasteiger partial charge < -0.3 is 16.3 Å². The third kappa shape index (κ3) is 2.95. The quantitative estimate of drug-likeness (QED) is 0.342. The zero-order chi connectivity index (χ0) is 14.8. The van der Waals surface area contributed by atoms with Crippen LogP contribution in [0.4, 0.5) is 5.69 Å². The lowest BCUT2D eigenvalue weighted by Gasteiger charge is -2.23. The normalized spacial score (nSPS) is 18.0. The zero-order valence-electron chi connectivity index (χ0n) is 11.3. The van der Waals surface area contributed by atoms with E-state index >= 15 is 0 Å². The van der Waals surface area contributed by atoms with Crippen LogP contribution in [0.1, 0.15) is 38.2 Å². The van der Waals surface area contributed by atoms with Crippen molar-refractivity contribution in [3.05, 3.63) is 28.2 Å². The van der Waals surface area contributed by atoms with E-state index in [4.69, 9.17) is 10.9 Å². The van der Waals surface area contributed by atoms with Crippen LogP contribution in [0.5, 0.6) is 0 Å². The molecule has 0 unspecified atom stereocenters. The summed E-state index contributed by atoms with van der Waals surface area (Å²) < 4.78 is 0.818. The van der Waals surface area contributed by atoms with Crippen LogP contribution in [0.3, 0.4) is 0 Å². The van der Waals surface area contributed by atoms with Gasteiger partial charge in [0.05, 0.1) is 5.69 Å². The van der Waals surface area contributed by atoms with E-state index < -0.39 is 0 Å². The minimum Gasteiger partial charge on any atom is -0.409 e. The molecule has 4 N–H and O–H groups in total. The van der Waals surface area contributed by atoms with E-state index in [-0.39, 0.29) is 17.2 Å². The lowest BCUT2D eigenvalue weighted by Crippen LogP contribution is -2.31. The van der Waals surface area contributed by atoms with Gasteiger partial charge >= 0.3 is 0 Å². The van der Waals surface area contributed by atoms with E-state index in [0.717, 1.165) is 30.2 Å². The van der Waals surface area contributed by atoms with Gasteiger partial charge in [-0.2, -0.15) is 0 Å². The molecule has 1 aliphatic rings. The second-order valence-electron chi connectivity index (χ2n) is 5.40. The van der Waals surface area contributed by atoms with Gasteiger partial charge in [-0.05, 0) is 31.0 Å². The first-order chi connectivity index (χ1) is 9.46. The van der Waals surface area contributed by atoms with Gasteiger partial charge in [-0.25, -0.2) is 0 Å². The second kappa shape index (κ2) is 5.83. The SMILES string of the molecule is CC1(C(=O)Nc2cc(Br)ccc2/C(N)=N/O)CCCC1. The fourth-order valence-corrected chi connectivity index (χ4v) is 2.91. The lowest BCUT2D eigenvalue weighted by atomic mass is 9.87. The molecule has 20 heavy (non-hydrogen) atoms. The molecule has 5 nitrogen and oxygen atoms in total. The number of nitrogens with two attached hydrogens (primary N) is 1. The average molecular weight is 340 g/mol. The molecule has 1 aliphatic carbocycles. The number of carbonyl (C=O) groups is 1. The van der Waals surface area contributed by atoms with Crippen LogP contribution in [0, 0.1) is 5.41 Å². The van der Waals surface area contributed by atoms with Gasteiger partial charge in [0.1, 0.15) is 0 Å². The summed E-state index contributed by atoms with van der Waals surface area (Å²) in [4.78, 5) is 12.4. The molecule has 6 heteroatoms. The number of hydrogen-bond donors (Lipinski definition) is 3. The van der Waals surface area contributed by atoms with Crippen LogP contribution in [-0.2, 0) is 4.79 Å². The van der Waals surface area contributed by atoms with Crippen molar-refractivity contribution in [3.63, 3.8) is 0 Å². The molecule has 0 saturated heterocycles. The van der Waals surface area contributed by atoms with Crippen molar-refractivity contribution in [2.24, 2.45) is 16.3 Å². The molecule has 0 aliphatic heterocycles. The Morgan fingerprint density at radius 1 is 1.45 bits per heavy atom. The van der Waals surface area contributed by atoms with Crippen LogP contribution in [0.2, 0.25) is 0 Å². The summed E-state index contributed by atoms with van der Waals surface area (Å²) in [5, 5.41) is 14.7. The predicted molar refractivity (Wildman–Crippen MR) is 81.9 cm³/mol. The third-order valence-electron chi connectivity index (χ3n) is 3.87. The first-order valence-electron chi connectivity index (χ1n) is 6.55. The molecule has 0 aromatic heterocycles. The van der Waals surface area contributed by atoms with Gasteiger partial charge in [0.25, 0.3) is 0 Å². The number of hydrogen-bond acceptors (Lipinski definition) is 3. The predicted octanol–water partition coefficient (Wildman–Crippen LogP) is 3.06. The first-order valence-corrected chi connectivity index (χ1v) is 7.34. The summed E-state index contributed by atoms with van der Waals surface area (Å²) in [6.07, 6.45) is 3.95. The summed E-state index contributed by atoms with van der Waals surface area (Å²) in [5.74, 6) is -0.0375. The molecule has 108 valence electrons. The van der Waals surface area contributed by atoms with Crippen molar-refractivity contribution in [1.29, 1.82) is 0 Å². The number of amidine groups is 1. The number of nitrogens with one attached hydrogen (secondary N) is 1. The van der Waals surface area contributed by atoms with Gasteiger partial charge in [-0.15, -0.1) is 0 Å². The van der Waals surface area contributed by atoms with Gasteiger partial charge in [-0.1, -0.05) is 40.9 Å². The monoisotopic (exact) mass is 339 g/mol. The molecule has 1 fully saturated rings. The Balaban J connectivity index is 2.28. The van der Waals surface area contributed by atoms with E-state index in [2.05, 4.69) is 26.4 Å². The molecular formula is C14H18BrN3O2.